The van der Waals surface area contributed by atoms with Gasteiger partial charge in [0.15, 0.2) is 0 Å². The van der Waals surface area contributed by atoms with Crippen LogP contribution in [0, 0.1) is 6.92 Å². The monoisotopic (exact) mass is 395 g/mol. The van der Waals surface area contributed by atoms with E-state index in [1.165, 1.54) is 6.07 Å². The number of hydrogen-bond acceptors (Lipinski definition) is 3. The van der Waals surface area contributed by atoms with Gasteiger partial charge in [0.05, 0.1) is 4.90 Å². The number of hydrogen-bond donors (Lipinski definition) is 1. The van der Waals surface area contributed by atoms with Gasteiger partial charge in [-0.3, -0.25) is 4.79 Å². The fourth-order valence-corrected chi connectivity index (χ4v) is 3.85. The highest BCUT2D eigenvalue weighted by Gasteiger charge is 2.20. The molecule has 1 N–H and O–H groups in total. The minimum atomic E-state index is -3.89. The van der Waals surface area contributed by atoms with Crippen LogP contribution in [0.3, 0.4) is 0 Å². The van der Waals surface area contributed by atoms with Crippen LogP contribution >= 0.6 is 26.6 Å². The highest BCUT2D eigenvalue weighted by atomic mass is 79.9. The SMILES string of the molecule is CCCC(CC)NC(=O)c1cc(Br)c(C)c(S(=O)(=O)Cl)c1. The maximum atomic E-state index is 12.3. The molecule has 0 radical (unpaired) electrons. The maximum Gasteiger partial charge on any atom is 0.261 e. The van der Waals surface area contributed by atoms with Gasteiger partial charge in [-0.15, -0.1) is 0 Å². The second-order valence-electron chi connectivity index (χ2n) is 4.89. The lowest BCUT2D eigenvalue weighted by Gasteiger charge is -2.17. The molecule has 0 aliphatic rings. The first kappa shape index (κ1) is 18.5. The molecule has 1 atom stereocenters. The molecule has 0 heterocycles. The molecule has 7 heteroatoms. The number of carbonyl (C=O) groups excluding carboxylic acids is 1. The predicted octanol–water partition coefficient (Wildman–Crippen LogP) is 3.99. The normalized spacial score (nSPS) is 13.0. The number of amides is 1. The van der Waals surface area contributed by atoms with Crippen molar-refractivity contribution >= 4 is 41.6 Å². The second kappa shape index (κ2) is 7.61. The van der Waals surface area contributed by atoms with Crippen LogP contribution < -0.4 is 5.32 Å². The molecule has 118 valence electrons. The molecule has 0 aliphatic heterocycles. The molecule has 0 spiro atoms. The van der Waals surface area contributed by atoms with E-state index in [-0.39, 0.29) is 22.4 Å². The smallest absolute Gasteiger partial charge is 0.261 e. The zero-order valence-corrected chi connectivity index (χ0v) is 15.4. The first-order valence-corrected chi connectivity index (χ1v) is 9.86. The van der Waals surface area contributed by atoms with Gasteiger partial charge >= 0.3 is 0 Å². The Hall–Kier alpha value is -0.590. The van der Waals surface area contributed by atoms with Crippen molar-refractivity contribution in [3.8, 4) is 0 Å². The lowest BCUT2D eigenvalue weighted by Crippen LogP contribution is -2.34. The van der Waals surface area contributed by atoms with Crippen LogP contribution in [0.1, 0.15) is 49.0 Å². The third kappa shape index (κ3) is 4.97. The summed E-state index contributed by atoms with van der Waals surface area (Å²) in [5, 5.41) is 2.91. The molecule has 0 aromatic heterocycles. The first-order chi connectivity index (χ1) is 9.70. The van der Waals surface area contributed by atoms with E-state index in [1.807, 2.05) is 6.92 Å². The van der Waals surface area contributed by atoms with Crippen molar-refractivity contribution in [2.45, 2.75) is 51.0 Å². The quantitative estimate of drug-likeness (QED) is 0.739. The van der Waals surface area contributed by atoms with Crippen molar-refractivity contribution in [3.05, 3.63) is 27.7 Å². The van der Waals surface area contributed by atoms with E-state index in [9.17, 15) is 13.2 Å². The average molecular weight is 397 g/mol. The molecule has 4 nitrogen and oxygen atoms in total. The highest BCUT2D eigenvalue weighted by molar-refractivity contribution is 9.10. The van der Waals surface area contributed by atoms with Gasteiger partial charge in [0.1, 0.15) is 0 Å². The van der Waals surface area contributed by atoms with Crippen molar-refractivity contribution in [1.82, 2.24) is 5.32 Å². The Bertz CT molecular complexity index is 631. The van der Waals surface area contributed by atoms with E-state index >= 15 is 0 Å². The molecule has 1 aromatic carbocycles. The fourth-order valence-electron chi connectivity index (χ4n) is 2.03. The van der Waals surface area contributed by atoms with E-state index in [4.69, 9.17) is 10.7 Å². The van der Waals surface area contributed by atoms with Crippen molar-refractivity contribution in [2.24, 2.45) is 0 Å². The van der Waals surface area contributed by atoms with Crippen LogP contribution in [-0.2, 0) is 9.05 Å². The average Bonchev–Trinajstić information content (AvgIpc) is 2.39. The van der Waals surface area contributed by atoms with E-state index < -0.39 is 9.05 Å². The summed E-state index contributed by atoms with van der Waals surface area (Å²) < 4.78 is 23.7. The van der Waals surface area contributed by atoms with Crippen molar-refractivity contribution in [3.63, 3.8) is 0 Å². The van der Waals surface area contributed by atoms with Gasteiger partial charge in [-0.05, 0) is 37.5 Å². The van der Waals surface area contributed by atoms with E-state index in [2.05, 4.69) is 28.2 Å². The first-order valence-electron chi connectivity index (χ1n) is 6.76. The van der Waals surface area contributed by atoms with Gasteiger partial charge in [-0.1, -0.05) is 36.2 Å². The lowest BCUT2D eigenvalue weighted by atomic mass is 10.1. The van der Waals surface area contributed by atoms with Crippen LogP contribution in [0.25, 0.3) is 0 Å². The minimum absolute atomic E-state index is 0.0489. The van der Waals surface area contributed by atoms with Crippen molar-refractivity contribution in [2.75, 3.05) is 0 Å². The second-order valence-corrected chi connectivity index (χ2v) is 8.28. The van der Waals surface area contributed by atoms with Crippen molar-refractivity contribution in [1.29, 1.82) is 0 Å². The molecule has 1 amide bonds. The number of halogens is 2. The summed E-state index contributed by atoms with van der Waals surface area (Å²) in [6.45, 7) is 5.68. The Labute approximate surface area is 138 Å². The van der Waals surface area contributed by atoms with Gasteiger partial charge < -0.3 is 5.32 Å². The fraction of sp³-hybridized carbons (Fsp3) is 0.500. The topological polar surface area (TPSA) is 63.2 Å². The minimum Gasteiger partial charge on any atom is -0.349 e. The Morgan fingerprint density at radius 3 is 2.48 bits per heavy atom. The van der Waals surface area contributed by atoms with Gasteiger partial charge in [-0.25, -0.2) is 8.42 Å². The molecule has 0 saturated carbocycles. The van der Waals surface area contributed by atoms with Crippen molar-refractivity contribution < 1.29 is 13.2 Å². The molecule has 1 rings (SSSR count). The van der Waals surface area contributed by atoms with Gasteiger partial charge in [0, 0.05) is 26.8 Å². The Morgan fingerprint density at radius 2 is 2.00 bits per heavy atom. The summed E-state index contributed by atoms with van der Waals surface area (Å²) in [7, 11) is 1.52. The number of benzene rings is 1. The van der Waals surface area contributed by atoms with E-state index in [0.717, 1.165) is 19.3 Å². The van der Waals surface area contributed by atoms with Gasteiger partial charge in [0.25, 0.3) is 15.0 Å². The largest absolute Gasteiger partial charge is 0.349 e. The standard InChI is InChI=1S/C14H19BrClNO3S/c1-4-6-11(5-2)17-14(18)10-7-12(15)9(3)13(8-10)21(16,19)20/h7-8,11H,4-6H2,1-3H3,(H,17,18). The van der Waals surface area contributed by atoms with Gasteiger partial charge in [0.2, 0.25) is 0 Å². The van der Waals surface area contributed by atoms with Crippen LogP contribution in [-0.4, -0.2) is 20.4 Å². The molecule has 0 bridgehead atoms. The summed E-state index contributed by atoms with van der Waals surface area (Å²) in [6, 6.07) is 3.00. The summed E-state index contributed by atoms with van der Waals surface area (Å²) in [5.41, 5.74) is 0.767. The Morgan fingerprint density at radius 1 is 1.38 bits per heavy atom. The third-order valence-electron chi connectivity index (χ3n) is 3.29. The molecule has 0 fully saturated rings. The zero-order valence-electron chi connectivity index (χ0n) is 12.2. The van der Waals surface area contributed by atoms with E-state index in [0.29, 0.717) is 10.0 Å². The van der Waals surface area contributed by atoms with Crippen LogP contribution in [0.2, 0.25) is 0 Å². The molecular weight excluding hydrogens is 378 g/mol. The Balaban J connectivity index is 3.14. The van der Waals surface area contributed by atoms with Crippen LogP contribution in [0.5, 0.6) is 0 Å². The highest BCUT2D eigenvalue weighted by Crippen LogP contribution is 2.28. The zero-order chi connectivity index (χ0) is 16.2. The van der Waals surface area contributed by atoms with Crippen LogP contribution in [0.15, 0.2) is 21.5 Å². The number of rotatable bonds is 6. The predicted molar refractivity (Wildman–Crippen MR) is 88.4 cm³/mol. The lowest BCUT2D eigenvalue weighted by molar-refractivity contribution is 0.0933. The summed E-state index contributed by atoms with van der Waals surface area (Å²) in [4.78, 5) is 12.2. The summed E-state index contributed by atoms with van der Waals surface area (Å²) >= 11 is 3.27. The molecule has 1 unspecified atom stereocenters. The molecule has 1 aromatic rings. The number of carbonyl (C=O) groups is 1. The maximum absolute atomic E-state index is 12.3. The summed E-state index contributed by atoms with van der Waals surface area (Å²) in [6.07, 6.45) is 2.68. The number of nitrogens with one attached hydrogen (secondary N) is 1. The third-order valence-corrected chi connectivity index (χ3v) is 5.56. The molecule has 0 saturated heterocycles. The molecule has 21 heavy (non-hydrogen) atoms. The van der Waals surface area contributed by atoms with E-state index in [1.54, 1.807) is 13.0 Å². The molecular formula is C14H19BrClNO3S. The summed E-state index contributed by atoms with van der Waals surface area (Å²) in [5.74, 6) is -0.294. The molecule has 0 aliphatic carbocycles. The van der Waals surface area contributed by atoms with Gasteiger partial charge in [-0.2, -0.15) is 0 Å². The van der Waals surface area contributed by atoms with Crippen LogP contribution in [0.4, 0.5) is 0 Å². The Kier molecular flexibility index (Phi) is 6.69.